The maximum Gasteiger partial charge on any atom is 0.138 e. The average Bonchev–Trinajstić information content (AvgIpc) is 2.70. The Morgan fingerprint density at radius 2 is 1.43 bits per heavy atom. The Morgan fingerprint density at radius 3 is 1.93 bits per heavy atom. The van der Waals surface area contributed by atoms with Gasteiger partial charge in [-0.3, -0.25) is 0 Å². The van der Waals surface area contributed by atoms with Gasteiger partial charge in [-0.2, -0.15) is 10.5 Å². The van der Waals surface area contributed by atoms with Crippen LogP contribution in [0.15, 0.2) is 30.3 Å². The van der Waals surface area contributed by atoms with Crippen LogP contribution in [-0.2, 0) is 22.7 Å². The highest BCUT2D eigenvalue weighted by Crippen LogP contribution is 2.33. The van der Waals surface area contributed by atoms with E-state index in [4.69, 9.17) is 32.3 Å². The SMILES string of the molecule is C#CCOCc1cc(C)cc(COCC#C)c1Oc1ccc(C#N)c(C#N)c1. The van der Waals surface area contributed by atoms with Crippen LogP contribution in [0.3, 0.4) is 0 Å². The highest BCUT2D eigenvalue weighted by atomic mass is 16.5. The van der Waals surface area contributed by atoms with Gasteiger partial charge in [0.15, 0.2) is 0 Å². The first-order valence-electron chi connectivity index (χ1n) is 8.39. The second-order valence-corrected chi connectivity index (χ2v) is 5.84. The van der Waals surface area contributed by atoms with Crippen molar-refractivity contribution in [2.24, 2.45) is 0 Å². The van der Waals surface area contributed by atoms with Gasteiger partial charge in [-0.25, -0.2) is 0 Å². The van der Waals surface area contributed by atoms with Crippen molar-refractivity contribution in [2.45, 2.75) is 20.1 Å². The molecule has 5 nitrogen and oxygen atoms in total. The molecule has 0 aliphatic rings. The van der Waals surface area contributed by atoms with E-state index in [1.54, 1.807) is 12.1 Å². The van der Waals surface area contributed by atoms with Gasteiger partial charge in [0.05, 0.1) is 24.3 Å². The van der Waals surface area contributed by atoms with Crippen molar-refractivity contribution < 1.29 is 14.2 Å². The molecular formula is C23H18N2O3. The Kier molecular flexibility index (Phi) is 7.65. The zero-order valence-electron chi connectivity index (χ0n) is 15.5. The van der Waals surface area contributed by atoms with Crippen LogP contribution in [-0.4, -0.2) is 13.2 Å². The maximum atomic E-state index is 9.24. The third-order valence-electron chi connectivity index (χ3n) is 3.72. The molecule has 0 heterocycles. The number of hydrogen-bond donors (Lipinski definition) is 0. The number of ether oxygens (including phenoxy) is 3. The highest BCUT2D eigenvalue weighted by Gasteiger charge is 2.14. The van der Waals surface area contributed by atoms with E-state index in [9.17, 15) is 5.26 Å². The zero-order valence-corrected chi connectivity index (χ0v) is 15.5. The van der Waals surface area contributed by atoms with Gasteiger partial charge >= 0.3 is 0 Å². The van der Waals surface area contributed by atoms with Crippen LogP contribution >= 0.6 is 0 Å². The fourth-order valence-electron chi connectivity index (χ4n) is 2.61. The molecule has 2 rings (SSSR count). The van der Waals surface area contributed by atoms with Crippen LogP contribution in [0.4, 0.5) is 0 Å². The molecule has 0 aliphatic heterocycles. The van der Waals surface area contributed by atoms with Gasteiger partial charge in [-0.05, 0) is 25.1 Å². The van der Waals surface area contributed by atoms with E-state index in [2.05, 4.69) is 11.8 Å². The first kappa shape index (κ1) is 20.6. The number of nitriles is 2. The smallest absolute Gasteiger partial charge is 0.138 e. The summed E-state index contributed by atoms with van der Waals surface area (Å²) in [5.74, 6) is 5.83. The molecule has 2 aromatic carbocycles. The summed E-state index contributed by atoms with van der Waals surface area (Å²) in [7, 11) is 0. The van der Waals surface area contributed by atoms with Gasteiger partial charge in [0.1, 0.15) is 36.9 Å². The van der Waals surface area contributed by atoms with Crippen molar-refractivity contribution in [1.82, 2.24) is 0 Å². The van der Waals surface area contributed by atoms with E-state index in [-0.39, 0.29) is 37.6 Å². The van der Waals surface area contributed by atoms with Crippen molar-refractivity contribution in [3.8, 4) is 48.3 Å². The molecule has 0 N–H and O–H groups in total. The van der Waals surface area contributed by atoms with Gasteiger partial charge in [0, 0.05) is 11.1 Å². The molecule has 138 valence electrons. The van der Waals surface area contributed by atoms with Crippen LogP contribution in [0.2, 0.25) is 0 Å². The standard InChI is InChI=1S/C23H18N2O3/c1-4-8-26-15-20-10-17(3)11-21(16-27-9-5-2)23(20)28-22-7-6-18(13-24)19(12-22)14-25/h1-2,6-7,10-12H,8-9,15-16H2,3H3. The maximum absolute atomic E-state index is 9.24. The molecule has 28 heavy (non-hydrogen) atoms. The summed E-state index contributed by atoms with van der Waals surface area (Å²) in [6.07, 6.45) is 10.5. The minimum absolute atomic E-state index is 0.172. The fraction of sp³-hybridized carbons (Fsp3) is 0.217. The Bertz CT molecular complexity index is 973. The zero-order chi connectivity index (χ0) is 20.4. The molecule has 0 atom stereocenters. The van der Waals surface area contributed by atoms with E-state index < -0.39 is 0 Å². The summed E-state index contributed by atoms with van der Waals surface area (Å²) < 4.78 is 17.0. The lowest BCUT2D eigenvalue weighted by molar-refractivity contribution is 0.145. The van der Waals surface area contributed by atoms with Gasteiger partial charge in [-0.1, -0.05) is 29.5 Å². The number of aryl methyl sites for hydroxylation is 1. The second kappa shape index (κ2) is 10.4. The summed E-state index contributed by atoms with van der Waals surface area (Å²) in [5.41, 5.74) is 3.11. The number of nitrogens with zero attached hydrogens (tertiary/aromatic N) is 2. The van der Waals surface area contributed by atoms with Crippen molar-refractivity contribution in [3.63, 3.8) is 0 Å². The molecule has 0 spiro atoms. The molecule has 5 heteroatoms. The van der Waals surface area contributed by atoms with Gasteiger partial charge in [0.25, 0.3) is 0 Å². The molecule has 0 bridgehead atoms. The Hall–Kier alpha value is -3.74. The summed E-state index contributed by atoms with van der Waals surface area (Å²) in [4.78, 5) is 0. The van der Waals surface area contributed by atoms with Crippen LogP contribution in [0.25, 0.3) is 0 Å². The van der Waals surface area contributed by atoms with Gasteiger partial charge in [0.2, 0.25) is 0 Å². The minimum Gasteiger partial charge on any atom is -0.457 e. The van der Waals surface area contributed by atoms with Crippen molar-refractivity contribution in [3.05, 3.63) is 58.1 Å². The third-order valence-corrected chi connectivity index (χ3v) is 3.72. The normalized spacial score (nSPS) is 9.61. The molecular weight excluding hydrogens is 352 g/mol. The van der Waals surface area contributed by atoms with Crippen LogP contribution < -0.4 is 4.74 Å². The molecule has 0 saturated heterocycles. The lowest BCUT2D eigenvalue weighted by Gasteiger charge is -2.17. The quantitative estimate of drug-likeness (QED) is 0.521. The predicted octanol–water partition coefficient (Wildman–Crippen LogP) is 3.83. The molecule has 0 aromatic heterocycles. The molecule has 0 aliphatic carbocycles. The molecule has 0 saturated carbocycles. The number of benzene rings is 2. The largest absolute Gasteiger partial charge is 0.457 e. The summed E-state index contributed by atoms with van der Waals surface area (Å²) in [5, 5.41) is 18.3. The first-order chi connectivity index (χ1) is 13.6. The topological polar surface area (TPSA) is 75.3 Å². The molecule has 0 fully saturated rings. The lowest BCUT2D eigenvalue weighted by Crippen LogP contribution is -2.03. The van der Waals surface area contributed by atoms with Crippen LogP contribution in [0.1, 0.15) is 27.8 Å². The van der Waals surface area contributed by atoms with E-state index in [0.29, 0.717) is 11.5 Å². The average molecular weight is 370 g/mol. The van der Waals surface area contributed by atoms with E-state index in [1.165, 1.54) is 6.07 Å². The summed E-state index contributed by atoms with van der Waals surface area (Å²) in [6.45, 7) is 2.81. The fourth-order valence-corrected chi connectivity index (χ4v) is 2.61. The predicted molar refractivity (Wildman–Crippen MR) is 104 cm³/mol. The van der Waals surface area contributed by atoms with Crippen molar-refractivity contribution in [1.29, 1.82) is 10.5 Å². The number of terminal acetylenes is 2. The number of rotatable bonds is 8. The molecule has 0 unspecified atom stereocenters. The molecule has 0 radical (unpaired) electrons. The van der Waals surface area contributed by atoms with E-state index in [1.807, 2.05) is 31.2 Å². The second-order valence-electron chi connectivity index (χ2n) is 5.84. The van der Waals surface area contributed by atoms with Crippen molar-refractivity contribution in [2.75, 3.05) is 13.2 Å². The summed E-state index contributed by atoms with van der Waals surface area (Å²) >= 11 is 0. The first-order valence-corrected chi connectivity index (χ1v) is 8.39. The van der Waals surface area contributed by atoms with E-state index >= 15 is 0 Å². The molecule has 0 amide bonds. The Labute approximate surface area is 165 Å². The van der Waals surface area contributed by atoms with Crippen molar-refractivity contribution >= 4 is 0 Å². The Balaban J connectivity index is 2.43. The van der Waals surface area contributed by atoms with Crippen LogP contribution in [0.5, 0.6) is 11.5 Å². The monoisotopic (exact) mass is 370 g/mol. The lowest BCUT2D eigenvalue weighted by atomic mass is 10.0. The summed E-state index contributed by atoms with van der Waals surface area (Å²) in [6, 6.07) is 12.6. The Morgan fingerprint density at radius 1 is 0.857 bits per heavy atom. The van der Waals surface area contributed by atoms with Crippen LogP contribution in [0, 0.1) is 54.3 Å². The highest BCUT2D eigenvalue weighted by molar-refractivity contribution is 5.52. The van der Waals surface area contributed by atoms with Gasteiger partial charge in [-0.15, -0.1) is 12.8 Å². The van der Waals surface area contributed by atoms with E-state index in [0.717, 1.165) is 16.7 Å². The molecule has 2 aromatic rings. The minimum atomic E-state index is 0.172. The number of hydrogen-bond acceptors (Lipinski definition) is 5. The van der Waals surface area contributed by atoms with Gasteiger partial charge < -0.3 is 14.2 Å². The third kappa shape index (κ3) is 5.38.